The maximum atomic E-state index is 15.3. The fraction of sp³-hybridized carbons (Fsp3) is 0.949. The number of carbonyl (C=O) groups is 1. The summed E-state index contributed by atoms with van der Waals surface area (Å²) in [5.74, 6) is -1.58. The number of carbonyl (C=O) groups excluding carboxylic acids is 1. The van der Waals surface area contributed by atoms with E-state index in [2.05, 4.69) is 40.7 Å². The van der Waals surface area contributed by atoms with E-state index in [1.807, 2.05) is 6.92 Å². The summed E-state index contributed by atoms with van der Waals surface area (Å²) in [6.45, 7) is 13.7. The molecule has 4 saturated carbocycles. The average Bonchev–Trinajstić information content (AvgIpc) is 0.676. The summed E-state index contributed by atoms with van der Waals surface area (Å²) in [4.78, 5) is 15.3. The number of esters is 1. The normalized spacial score (nSPS) is 55.6. The molecule has 0 spiro atoms. The van der Waals surface area contributed by atoms with Crippen molar-refractivity contribution in [2.24, 2.45) is 50.2 Å². The summed E-state index contributed by atoms with van der Waals surface area (Å²) >= 11 is 0. The van der Waals surface area contributed by atoms with E-state index in [0.717, 1.165) is 5.57 Å². The van der Waals surface area contributed by atoms with Crippen LogP contribution >= 0.6 is 0 Å². The van der Waals surface area contributed by atoms with Crippen molar-refractivity contribution in [3.63, 3.8) is 0 Å². The SMILES string of the molecule is C[C@@H]1O[C@@H](O[C@H]2[C@H](O[C@H]3CC[C@@]4(C)[C@@H](CC[C@]5(C)[C@@H]4CC=C4[C@@H]6CC(C)(C)CC[C@]6(C(=O)O[C@@H]6O[C@H](CO[C@@H]7O[C@H](CO)[C@@H](O[C@@H]8O[C@@H](C)[C@H](O)[C@@H](O)[C@H]8O)[C@H](O)[C@H]7O)[C@@H](O)[C@H](O)[C@H]6O)[C@H](O)C[C@]45C)[C@]3(C)CO)OC[C@H](O)[C@@H]2O)[C@H](O)[C@H](O)[C@H]1O. The van der Waals surface area contributed by atoms with Gasteiger partial charge in [0, 0.05) is 5.41 Å². The van der Waals surface area contributed by atoms with Crippen molar-refractivity contribution in [1.82, 2.24) is 0 Å². The van der Waals surface area contributed by atoms with Gasteiger partial charge in [-0.1, -0.05) is 53.2 Å². The van der Waals surface area contributed by atoms with Gasteiger partial charge in [-0.2, -0.15) is 0 Å². The monoisotopic (exact) mass is 1240 g/mol. The number of aliphatic hydroxyl groups excluding tert-OH is 16. The van der Waals surface area contributed by atoms with Gasteiger partial charge in [-0.15, -0.1) is 0 Å². The number of ether oxygens (including phenoxy) is 10. The number of rotatable bonds is 13. The average molecular weight is 1240 g/mol. The molecule has 0 aromatic heterocycles. The Balaban J connectivity index is 0.845. The van der Waals surface area contributed by atoms with Gasteiger partial charge < -0.3 is 129 Å². The second kappa shape index (κ2) is 24.6. The molecule has 10 rings (SSSR count). The third-order valence-electron chi connectivity index (χ3n) is 23.2. The Hall–Kier alpha value is -1.79. The molecule has 0 radical (unpaired) electrons. The van der Waals surface area contributed by atoms with E-state index in [1.165, 1.54) is 13.8 Å². The van der Waals surface area contributed by atoms with Crippen LogP contribution in [0.5, 0.6) is 0 Å². The molecule has 494 valence electrons. The van der Waals surface area contributed by atoms with E-state index in [-0.39, 0.29) is 43.3 Å². The first-order valence-corrected chi connectivity index (χ1v) is 30.7. The van der Waals surface area contributed by atoms with Crippen LogP contribution in [0.25, 0.3) is 0 Å². The fourth-order valence-corrected chi connectivity index (χ4v) is 17.6. The van der Waals surface area contributed by atoms with Crippen molar-refractivity contribution in [2.75, 3.05) is 26.4 Å². The number of hydrogen-bond acceptors (Lipinski definition) is 27. The molecule has 86 heavy (non-hydrogen) atoms. The second-order valence-electron chi connectivity index (χ2n) is 28.6. The van der Waals surface area contributed by atoms with Gasteiger partial charge in [0.25, 0.3) is 0 Å². The number of aliphatic hydroxyl groups is 16. The Morgan fingerprint density at radius 1 is 0.570 bits per heavy atom. The van der Waals surface area contributed by atoms with Crippen LogP contribution in [0.1, 0.15) is 113 Å². The Morgan fingerprint density at radius 3 is 1.77 bits per heavy atom. The highest BCUT2D eigenvalue weighted by atomic mass is 16.8. The predicted octanol–water partition coefficient (Wildman–Crippen LogP) is -3.57. The van der Waals surface area contributed by atoms with Crippen LogP contribution < -0.4 is 0 Å². The quantitative estimate of drug-likeness (QED) is 0.0482. The van der Waals surface area contributed by atoms with E-state index in [1.54, 1.807) is 0 Å². The minimum atomic E-state index is -1.99. The highest BCUT2D eigenvalue weighted by molar-refractivity contribution is 5.80. The van der Waals surface area contributed by atoms with Crippen LogP contribution in [0.3, 0.4) is 0 Å². The van der Waals surface area contributed by atoms with Crippen molar-refractivity contribution in [1.29, 1.82) is 0 Å². The van der Waals surface area contributed by atoms with Crippen molar-refractivity contribution in [2.45, 2.75) is 273 Å². The van der Waals surface area contributed by atoms with E-state index >= 15 is 4.79 Å². The first-order valence-electron chi connectivity index (χ1n) is 30.7. The van der Waals surface area contributed by atoms with Crippen molar-refractivity contribution in [3.05, 3.63) is 11.6 Å². The third-order valence-corrected chi connectivity index (χ3v) is 23.2. The zero-order valence-corrected chi connectivity index (χ0v) is 50.2. The molecule has 0 amide bonds. The van der Waals surface area contributed by atoms with Gasteiger partial charge in [0.15, 0.2) is 25.2 Å². The minimum Gasteiger partial charge on any atom is -0.432 e. The Bertz CT molecular complexity index is 2400. The van der Waals surface area contributed by atoms with E-state index in [9.17, 15) is 81.7 Å². The summed E-state index contributed by atoms with van der Waals surface area (Å²) in [5, 5.41) is 175. The lowest BCUT2D eigenvalue weighted by Gasteiger charge is -2.72. The molecule has 0 unspecified atom stereocenters. The summed E-state index contributed by atoms with van der Waals surface area (Å²) in [6.07, 6.45) is -33.7. The molecule has 5 aliphatic heterocycles. The molecule has 34 atom stereocenters. The first-order chi connectivity index (χ1) is 40.2. The topological polar surface area (TPSA) is 433 Å². The summed E-state index contributed by atoms with van der Waals surface area (Å²) in [7, 11) is 0. The van der Waals surface area contributed by atoms with Crippen LogP contribution in [0.15, 0.2) is 11.6 Å². The molecule has 27 heteroatoms. The highest BCUT2D eigenvalue weighted by Gasteiger charge is 2.73. The molecule has 16 N–H and O–H groups in total. The number of fused-ring (bicyclic) bond motifs is 7. The molecular formula is C59H96O27. The van der Waals surface area contributed by atoms with Crippen molar-refractivity contribution < 1.29 is 134 Å². The predicted molar refractivity (Wildman–Crippen MR) is 289 cm³/mol. The minimum absolute atomic E-state index is 0.00396. The van der Waals surface area contributed by atoms with E-state index in [4.69, 9.17) is 47.4 Å². The Kier molecular flexibility index (Phi) is 19.2. The second-order valence-corrected chi connectivity index (χ2v) is 28.6. The fourth-order valence-electron chi connectivity index (χ4n) is 17.6. The highest BCUT2D eigenvalue weighted by Crippen LogP contribution is 2.76. The zero-order chi connectivity index (χ0) is 62.9. The molecule has 5 aliphatic carbocycles. The lowest BCUT2D eigenvalue weighted by molar-refractivity contribution is -0.365. The number of hydrogen-bond donors (Lipinski definition) is 16. The largest absolute Gasteiger partial charge is 0.432 e. The van der Waals surface area contributed by atoms with Gasteiger partial charge in [0.1, 0.15) is 109 Å². The van der Waals surface area contributed by atoms with Crippen molar-refractivity contribution >= 4 is 5.97 Å². The summed E-state index contributed by atoms with van der Waals surface area (Å²) in [5.41, 5.74) is -3.32. The molecule has 0 aromatic rings. The molecule has 0 aromatic carbocycles. The molecule has 9 fully saturated rings. The van der Waals surface area contributed by atoms with Crippen LogP contribution in [-0.4, -0.2) is 274 Å². The zero-order valence-electron chi connectivity index (χ0n) is 50.2. The van der Waals surface area contributed by atoms with Gasteiger partial charge >= 0.3 is 5.97 Å². The molecule has 27 nitrogen and oxygen atoms in total. The Labute approximate surface area is 499 Å². The summed E-state index contributed by atoms with van der Waals surface area (Å²) in [6, 6.07) is 0. The smallest absolute Gasteiger partial charge is 0.317 e. The van der Waals surface area contributed by atoms with Crippen LogP contribution in [-0.2, 0) is 52.2 Å². The maximum absolute atomic E-state index is 15.3. The molecular weight excluding hydrogens is 1140 g/mol. The standard InChI is InChI=1S/C59H96O27/c1-23-34(64)38(68)42(72)49(79-23)84-46-28(19-60)81-48(45(75)41(46)71)78-21-29-37(67)40(70)44(74)51(82-29)86-53(76)59-16-15-54(3,4)17-26(59)25-9-10-31-55(5)13-12-33(56(6,22-61)30(55)11-14-57(31,7)58(25,8)18-32(59)63)83-52-47(36(66)27(62)20-77-52)85-50-43(73)39(69)35(65)24(2)80-50/h9,23-24,26-52,60-75H,10-22H2,1-8H3/t23-,24-,26-,27-,28+,29+,30+,31+,32+,33-,34-,35-,36-,37+,38+,39+,40-,41+,42+,43+,44+,45+,46+,47+,48+,49-,50-,51-,52-,55-,56-,57+,58+,59+/m0/s1. The molecule has 5 heterocycles. The third kappa shape index (κ3) is 11.0. The number of allylic oxidation sites excluding steroid dienone is 2. The van der Waals surface area contributed by atoms with Gasteiger partial charge in [0.2, 0.25) is 6.29 Å². The molecule has 0 bridgehead atoms. The lowest BCUT2D eigenvalue weighted by Crippen LogP contribution is -2.69. The van der Waals surface area contributed by atoms with Crippen LogP contribution in [0.2, 0.25) is 0 Å². The van der Waals surface area contributed by atoms with Gasteiger partial charge in [-0.25, -0.2) is 0 Å². The first kappa shape index (κ1) is 67.1. The maximum Gasteiger partial charge on any atom is 0.317 e. The molecule has 5 saturated heterocycles. The Morgan fingerprint density at radius 2 is 1.15 bits per heavy atom. The van der Waals surface area contributed by atoms with E-state index in [0.29, 0.717) is 44.9 Å². The van der Waals surface area contributed by atoms with Gasteiger partial charge in [-0.05, 0) is 111 Å². The molecule has 10 aliphatic rings. The van der Waals surface area contributed by atoms with Crippen LogP contribution in [0.4, 0.5) is 0 Å². The summed E-state index contributed by atoms with van der Waals surface area (Å²) < 4.78 is 59.2. The lowest BCUT2D eigenvalue weighted by atomic mass is 9.33. The van der Waals surface area contributed by atoms with E-state index < -0.39 is 212 Å². The van der Waals surface area contributed by atoms with Crippen LogP contribution in [0, 0.1) is 50.2 Å². The van der Waals surface area contributed by atoms with Gasteiger partial charge in [0.05, 0.1) is 50.8 Å². The van der Waals surface area contributed by atoms with Gasteiger partial charge in [-0.3, -0.25) is 4.79 Å². The van der Waals surface area contributed by atoms with Crippen molar-refractivity contribution in [3.8, 4) is 0 Å².